The highest BCUT2D eigenvalue weighted by Crippen LogP contribution is 2.15. The van der Waals surface area contributed by atoms with Crippen LogP contribution in [0.2, 0.25) is 0 Å². The van der Waals surface area contributed by atoms with E-state index in [1.807, 2.05) is 30.9 Å². The van der Waals surface area contributed by atoms with Crippen molar-refractivity contribution in [2.45, 2.75) is 32.6 Å². The maximum atomic E-state index is 12.9. The normalized spacial score (nSPS) is 19.6. The highest BCUT2D eigenvalue weighted by atomic mass is 19.1. The van der Waals surface area contributed by atoms with Gasteiger partial charge in [-0.3, -0.25) is 9.59 Å². The molecule has 0 bridgehead atoms. The zero-order valence-electron chi connectivity index (χ0n) is 15.4. The van der Waals surface area contributed by atoms with Gasteiger partial charge in [-0.15, -0.1) is 0 Å². The number of carbonyl (C=O) groups excluding carboxylic acids is 2. The van der Waals surface area contributed by atoms with Crippen molar-refractivity contribution in [3.8, 4) is 0 Å². The molecule has 0 radical (unpaired) electrons. The van der Waals surface area contributed by atoms with E-state index < -0.39 is 0 Å². The summed E-state index contributed by atoms with van der Waals surface area (Å²) in [4.78, 5) is 26.5. The summed E-state index contributed by atoms with van der Waals surface area (Å²) in [6, 6.07) is 12.6. The van der Waals surface area contributed by atoms with Crippen molar-refractivity contribution < 1.29 is 18.7 Å². The van der Waals surface area contributed by atoms with Gasteiger partial charge in [-0.05, 0) is 55.8 Å². The molecule has 5 nitrogen and oxygen atoms in total. The third-order valence-electron chi connectivity index (χ3n) is 4.47. The van der Waals surface area contributed by atoms with E-state index in [1.165, 1.54) is 24.3 Å². The molecule has 2 aromatic carbocycles. The average molecular weight is 370 g/mol. The third-order valence-corrected chi connectivity index (χ3v) is 4.47. The topological polar surface area (TPSA) is 58.6 Å². The molecule has 1 aliphatic rings. The maximum Gasteiger partial charge on any atom is 0.254 e. The lowest BCUT2D eigenvalue weighted by Gasteiger charge is -2.35. The Morgan fingerprint density at radius 2 is 1.56 bits per heavy atom. The average Bonchev–Trinajstić information content (AvgIpc) is 2.66. The molecule has 0 saturated carbocycles. The van der Waals surface area contributed by atoms with Crippen LogP contribution in [-0.2, 0) is 11.3 Å². The summed E-state index contributed by atoms with van der Waals surface area (Å²) >= 11 is 0. The van der Waals surface area contributed by atoms with E-state index in [9.17, 15) is 14.0 Å². The van der Waals surface area contributed by atoms with Gasteiger partial charge < -0.3 is 15.0 Å². The highest BCUT2D eigenvalue weighted by Gasteiger charge is 2.26. The molecule has 1 saturated heterocycles. The Morgan fingerprint density at radius 1 is 1.00 bits per heavy atom. The number of amides is 2. The molecule has 0 spiro atoms. The molecule has 3 rings (SSSR count). The van der Waals surface area contributed by atoms with Crippen LogP contribution in [0.15, 0.2) is 48.5 Å². The zero-order valence-corrected chi connectivity index (χ0v) is 15.4. The molecule has 0 aromatic heterocycles. The van der Waals surface area contributed by atoms with Crippen LogP contribution in [0.5, 0.6) is 0 Å². The Labute approximate surface area is 158 Å². The number of carbonyl (C=O) groups is 2. The number of hydrogen-bond donors (Lipinski definition) is 1. The van der Waals surface area contributed by atoms with Crippen LogP contribution >= 0.6 is 0 Å². The number of nitrogens with zero attached hydrogens (tertiary/aromatic N) is 1. The number of halogens is 1. The first kappa shape index (κ1) is 19.0. The highest BCUT2D eigenvalue weighted by molar-refractivity contribution is 5.95. The Hall–Kier alpha value is -2.73. The largest absolute Gasteiger partial charge is 0.372 e. The molecule has 142 valence electrons. The van der Waals surface area contributed by atoms with Crippen molar-refractivity contribution in [3.05, 3.63) is 71.0 Å². The molecule has 1 fully saturated rings. The molecule has 2 amide bonds. The second-order valence-electron chi connectivity index (χ2n) is 6.85. The van der Waals surface area contributed by atoms with Crippen LogP contribution in [0, 0.1) is 5.82 Å². The molecule has 2 unspecified atom stereocenters. The first-order chi connectivity index (χ1) is 12.9. The van der Waals surface area contributed by atoms with Crippen molar-refractivity contribution in [3.63, 3.8) is 0 Å². The number of hydrogen-bond acceptors (Lipinski definition) is 3. The third kappa shape index (κ3) is 4.92. The van der Waals surface area contributed by atoms with Crippen molar-refractivity contribution in [1.29, 1.82) is 0 Å². The van der Waals surface area contributed by atoms with Crippen LogP contribution < -0.4 is 5.32 Å². The molecule has 2 atom stereocenters. The molecule has 1 heterocycles. The van der Waals surface area contributed by atoms with Crippen molar-refractivity contribution in [2.75, 3.05) is 13.1 Å². The molecule has 6 heteroatoms. The maximum absolute atomic E-state index is 12.9. The minimum absolute atomic E-state index is 0.0149. The standard InChI is InChI=1S/C21H23FN2O3/c1-14-12-24(13-15(2)27-14)21(26)18-5-3-16(4-6-18)11-23-20(25)17-7-9-19(22)10-8-17/h3-10,14-15H,11-13H2,1-2H3,(H,23,25). The first-order valence-corrected chi connectivity index (χ1v) is 9.00. The van der Waals surface area contributed by atoms with E-state index in [0.29, 0.717) is 30.8 Å². The molecule has 1 N–H and O–H groups in total. The second-order valence-corrected chi connectivity index (χ2v) is 6.85. The SMILES string of the molecule is CC1CN(C(=O)c2ccc(CNC(=O)c3ccc(F)cc3)cc2)CC(C)O1. The predicted octanol–water partition coefficient (Wildman–Crippen LogP) is 3.01. The van der Waals surface area contributed by atoms with Crippen LogP contribution in [0.3, 0.4) is 0 Å². The Morgan fingerprint density at radius 3 is 2.15 bits per heavy atom. The van der Waals surface area contributed by atoms with E-state index in [-0.39, 0.29) is 29.8 Å². The van der Waals surface area contributed by atoms with Crippen molar-refractivity contribution in [1.82, 2.24) is 10.2 Å². The van der Waals surface area contributed by atoms with Crippen LogP contribution in [-0.4, -0.2) is 42.0 Å². The van der Waals surface area contributed by atoms with Gasteiger partial charge in [-0.25, -0.2) is 4.39 Å². The van der Waals surface area contributed by atoms with E-state index >= 15 is 0 Å². The summed E-state index contributed by atoms with van der Waals surface area (Å²) in [5, 5.41) is 2.79. The number of ether oxygens (including phenoxy) is 1. The summed E-state index contributed by atoms with van der Waals surface area (Å²) in [5.41, 5.74) is 1.90. The fraction of sp³-hybridized carbons (Fsp3) is 0.333. The number of benzene rings is 2. The molecule has 1 aliphatic heterocycles. The van der Waals surface area contributed by atoms with E-state index in [1.54, 1.807) is 12.1 Å². The fourth-order valence-corrected chi connectivity index (χ4v) is 3.18. The molecule has 2 aromatic rings. The van der Waals surface area contributed by atoms with Gasteiger partial charge in [0.15, 0.2) is 0 Å². The van der Waals surface area contributed by atoms with Gasteiger partial charge in [0.1, 0.15) is 5.82 Å². The fourth-order valence-electron chi connectivity index (χ4n) is 3.18. The van der Waals surface area contributed by atoms with Crippen LogP contribution in [0.1, 0.15) is 40.1 Å². The summed E-state index contributed by atoms with van der Waals surface area (Å²) < 4.78 is 18.6. The van der Waals surface area contributed by atoms with E-state index in [4.69, 9.17) is 4.74 Å². The second kappa shape index (κ2) is 8.31. The smallest absolute Gasteiger partial charge is 0.254 e. The lowest BCUT2D eigenvalue weighted by atomic mass is 10.1. The number of nitrogens with one attached hydrogen (secondary N) is 1. The summed E-state index contributed by atoms with van der Waals surface area (Å²) in [6.45, 7) is 5.42. The van der Waals surface area contributed by atoms with Crippen LogP contribution in [0.4, 0.5) is 4.39 Å². The Bertz CT molecular complexity index is 795. The van der Waals surface area contributed by atoms with Crippen molar-refractivity contribution in [2.24, 2.45) is 0 Å². The minimum atomic E-state index is -0.379. The molecule has 27 heavy (non-hydrogen) atoms. The van der Waals surface area contributed by atoms with Gasteiger partial charge in [-0.1, -0.05) is 12.1 Å². The van der Waals surface area contributed by atoms with Gasteiger partial charge >= 0.3 is 0 Å². The van der Waals surface area contributed by atoms with Gasteiger partial charge in [-0.2, -0.15) is 0 Å². The lowest BCUT2D eigenvalue weighted by molar-refractivity contribution is -0.0586. The predicted molar refractivity (Wildman–Crippen MR) is 99.9 cm³/mol. The molecule has 0 aliphatic carbocycles. The van der Waals surface area contributed by atoms with Gasteiger partial charge in [0.2, 0.25) is 0 Å². The summed E-state index contributed by atoms with van der Waals surface area (Å²) in [6.07, 6.45) is 0.0531. The quantitative estimate of drug-likeness (QED) is 0.900. The molecular formula is C21H23FN2O3. The van der Waals surface area contributed by atoms with E-state index in [0.717, 1.165) is 5.56 Å². The lowest BCUT2D eigenvalue weighted by Crippen LogP contribution is -2.48. The van der Waals surface area contributed by atoms with Gasteiger partial charge in [0.25, 0.3) is 11.8 Å². The zero-order chi connectivity index (χ0) is 19.4. The van der Waals surface area contributed by atoms with E-state index in [2.05, 4.69) is 5.32 Å². The van der Waals surface area contributed by atoms with Crippen LogP contribution in [0.25, 0.3) is 0 Å². The monoisotopic (exact) mass is 370 g/mol. The van der Waals surface area contributed by atoms with Gasteiger partial charge in [0.05, 0.1) is 12.2 Å². The summed E-state index contributed by atoms with van der Waals surface area (Å²) in [5.74, 6) is -0.666. The van der Waals surface area contributed by atoms with Gasteiger partial charge in [0, 0.05) is 30.8 Å². The molecular weight excluding hydrogens is 347 g/mol. The number of rotatable bonds is 4. The number of morpholine rings is 1. The Kier molecular flexibility index (Phi) is 5.86. The van der Waals surface area contributed by atoms with Crippen molar-refractivity contribution >= 4 is 11.8 Å². The minimum Gasteiger partial charge on any atom is -0.372 e. The Balaban J connectivity index is 1.57. The summed E-state index contributed by atoms with van der Waals surface area (Å²) in [7, 11) is 0. The first-order valence-electron chi connectivity index (χ1n) is 9.00.